The summed E-state index contributed by atoms with van der Waals surface area (Å²) in [5, 5.41) is 8.88. The first-order valence-electron chi connectivity index (χ1n) is 5.97. The maximum Gasteiger partial charge on any atom is 0.394 e. The third kappa shape index (κ3) is 3.45. The first-order valence-corrected chi connectivity index (χ1v) is 5.97. The summed E-state index contributed by atoms with van der Waals surface area (Å²) in [6, 6.07) is 4.54. The van der Waals surface area contributed by atoms with Crippen LogP contribution in [0.2, 0.25) is 0 Å². The topological polar surface area (TPSA) is 75.8 Å². The molecule has 0 atom stereocenters. The summed E-state index contributed by atoms with van der Waals surface area (Å²) in [5.74, 6) is -0.994. The molecular weight excluding hydrogens is 248 g/mol. The van der Waals surface area contributed by atoms with Crippen LogP contribution in [0.5, 0.6) is 6.08 Å². The number of nitrogens with zero attached hydrogens (tertiary/aromatic N) is 2. The first kappa shape index (κ1) is 13.4. The Bertz CT molecular complexity index is 577. The van der Waals surface area contributed by atoms with E-state index in [4.69, 9.17) is 14.3 Å². The molecule has 0 bridgehead atoms. The molecule has 0 aliphatic rings. The van der Waals surface area contributed by atoms with E-state index >= 15 is 0 Å². The van der Waals surface area contributed by atoms with Crippen molar-refractivity contribution in [3.05, 3.63) is 23.8 Å². The zero-order valence-corrected chi connectivity index (χ0v) is 10.9. The smallest absolute Gasteiger partial charge is 0.394 e. The Kier molecular flexibility index (Phi) is 4.01. The van der Waals surface area contributed by atoms with Gasteiger partial charge in [-0.25, -0.2) is 4.79 Å². The van der Waals surface area contributed by atoms with Crippen LogP contribution in [0.25, 0.3) is 11.1 Å². The number of fused-ring (bicyclic) bond motifs is 1. The summed E-state index contributed by atoms with van der Waals surface area (Å²) < 4.78 is 10.7. The third-order valence-corrected chi connectivity index (χ3v) is 2.59. The molecule has 0 radical (unpaired) electrons. The van der Waals surface area contributed by atoms with E-state index in [-0.39, 0.29) is 11.6 Å². The van der Waals surface area contributed by atoms with Gasteiger partial charge < -0.3 is 19.2 Å². The Labute approximate surface area is 110 Å². The summed E-state index contributed by atoms with van der Waals surface area (Å²) in [4.78, 5) is 17.0. The monoisotopic (exact) mass is 264 g/mol. The standard InChI is InChI=1S/C13H16N2O4/c1-15(2)6-3-7-18-13-14-10-5-4-9(12(16)17)8-11(10)19-13/h4-5,8H,3,6-7H2,1-2H3,(H,16,17). The highest BCUT2D eigenvalue weighted by atomic mass is 16.6. The lowest BCUT2D eigenvalue weighted by Gasteiger charge is -2.08. The molecule has 0 saturated heterocycles. The first-order chi connectivity index (χ1) is 9.06. The Morgan fingerprint density at radius 1 is 1.47 bits per heavy atom. The lowest BCUT2D eigenvalue weighted by atomic mass is 10.2. The lowest BCUT2D eigenvalue weighted by Crippen LogP contribution is -2.15. The van der Waals surface area contributed by atoms with E-state index in [9.17, 15) is 4.79 Å². The number of carboxylic acid groups (broad SMARTS) is 1. The largest absolute Gasteiger partial charge is 0.478 e. The van der Waals surface area contributed by atoms with Crippen LogP contribution in [-0.4, -0.2) is 48.2 Å². The average molecular weight is 264 g/mol. The van der Waals surface area contributed by atoms with E-state index in [0.717, 1.165) is 13.0 Å². The fourth-order valence-electron chi connectivity index (χ4n) is 1.64. The Morgan fingerprint density at radius 3 is 2.95 bits per heavy atom. The number of aromatic carboxylic acids is 1. The van der Waals surface area contributed by atoms with Gasteiger partial charge in [0, 0.05) is 6.54 Å². The van der Waals surface area contributed by atoms with Crippen molar-refractivity contribution < 1.29 is 19.1 Å². The normalized spacial score (nSPS) is 11.1. The summed E-state index contributed by atoms with van der Waals surface area (Å²) in [6.07, 6.45) is 1.04. The van der Waals surface area contributed by atoms with Gasteiger partial charge >= 0.3 is 12.0 Å². The van der Waals surface area contributed by atoms with E-state index in [0.29, 0.717) is 17.7 Å². The Hall–Kier alpha value is -2.08. The number of carbonyl (C=O) groups is 1. The second-order valence-corrected chi connectivity index (χ2v) is 4.47. The van der Waals surface area contributed by atoms with Gasteiger partial charge in [0.1, 0.15) is 5.52 Å². The summed E-state index contributed by atoms with van der Waals surface area (Å²) in [6.45, 7) is 1.43. The van der Waals surface area contributed by atoms with Crippen molar-refractivity contribution in [2.24, 2.45) is 0 Å². The van der Waals surface area contributed by atoms with Gasteiger partial charge in [-0.15, -0.1) is 0 Å². The minimum Gasteiger partial charge on any atom is -0.478 e. The molecule has 1 aromatic heterocycles. The van der Waals surface area contributed by atoms with Gasteiger partial charge in [0.15, 0.2) is 5.58 Å². The highest BCUT2D eigenvalue weighted by Gasteiger charge is 2.10. The van der Waals surface area contributed by atoms with Gasteiger partial charge in [-0.05, 0) is 38.7 Å². The molecule has 2 aromatic rings. The molecule has 0 aliphatic heterocycles. The van der Waals surface area contributed by atoms with Gasteiger partial charge in [-0.1, -0.05) is 0 Å². The van der Waals surface area contributed by atoms with Gasteiger partial charge in [0.25, 0.3) is 0 Å². The summed E-state index contributed by atoms with van der Waals surface area (Å²) in [7, 11) is 3.99. The van der Waals surface area contributed by atoms with Crippen molar-refractivity contribution in [3.8, 4) is 6.08 Å². The summed E-state index contributed by atoms with van der Waals surface area (Å²) in [5.41, 5.74) is 1.18. The minimum absolute atomic E-state index is 0.169. The molecule has 1 N–H and O–H groups in total. The van der Waals surface area contributed by atoms with E-state index in [1.54, 1.807) is 6.07 Å². The highest BCUT2D eigenvalue weighted by Crippen LogP contribution is 2.21. The maximum absolute atomic E-state index is 10.8. The molecule has 1 heterocycles. The van der Waals surface area contributed by atoms with Crippen molar-refractivity contribution in [3.63, 3.8) is 0 Å². The highest BCUT2D eigenvalue weighted by molar-refractivity contribution is 5.91. The van der Waals surface area contributed by atoms with Crippen LogP contribution < -0.4 is 4.74 Å². The number of ether oxygens (including phenoxy) is 1. The van der Waals surface area contributed by atoms with E-state index < -0.39 is 5.97 Å². The van der Waals surface area contributed by atoms with Crippen molar-refractivity contribution in [2.45, 2.75) is 6.42 Å². The molecule has 0 amide bonds. The van der Waals surface area contributed by atoms with Crippen molar-refractivity contribution in [2.75, 3.05) is 27.2 Å². The molecule has 1 aromatic carbocycles. The van der Waals surface area contributed by atoms with Crippen LogP contribution in [0, 0.1) is 0 Å². The molecular formula is C13H16N2O4. The van der Waals surface area contributed by atoms with Gasteiger partial charge in [-0.3, -0.25) is 0 Å². The van der Waals surface area contributed by atoms with Crippen molar-refractivity contribution in [1.82, 2.24) is 9.88 Å². The molecule has 0 saturated carbocycles. The lowest BCUT2D eigenvalue weighted by molar-refractivity contribution is 0.0697. The number of aromatic nitrogens is 1. The van der Waals surface area contributed by atoms with Crippen molar-refractivity contribution >= 4 is 17.1 Å². The fourth-order valence-corrected chi connectivity index (χ4v) is 1.64. The van der Waals surface area contributed by atoms with E-state index in [1.165, 1.54) is 12.1 Å². The van der Waals surface area contributed by atoms with Crippen LogP contribution in [-0.2, 0) is 0 Å². The molecule has 6 nitrogen and oxygen atoms in total. The molecule has 19 heavy (non-hydrogen) atoms. The van der Waals surface area contributed by atoms with Crippen molar-refractivity contribution in [1.29, 1.82) is 0 Å². The fraction of sp³-hybridized carbons (Fsp3) is 0.385. The number of oxazole rings is 1. The van der Waals surface area contributed by atoms with E-state index in [1.807, 2.05) is 14.1 Å². The zero-order chi connectivity index (χ0) is 13.8. The van der Waals surface area contributed by atoms with E-state index in [2.05, 4.69) is 9.88 Å². The van der Waals surface area contributed by atoms with Gasteiger partial charge in [0.2, 0.25) is 0 Å². The van der Waals surface area contributed by atoms with Crippen LogP contribution in [0.1, 0.15) is 16.8 Å². The van der Waals surface area contributed by atoms with Crippen LogP contribution in [0.3, 0.4) is 0 Å². The number of benzene rings is 1. The number of hydrogen-bond acceptors (Lipinski definition) is 5. The third-order valence-electron chi connectivity index (χ3n) is 2.59. The Balaban J connectivity index is 2.03. The predicted molar refractivity (Wildman–Crippen MR) is 69.6 cm³/mol. The Morgan fingerprint density at radius 2 is 2.26 bits per heavy atom. The maximum atomic E-state index is 10.8. The van der Waals surface area contributed by atoms with Crippen LogP contribution >= 0.6 is 0 Å². The molecule has 6 heteroatoms. The number of carboxylic acids is 1. The van der Waals surface area contributed by atoms with Gasteiger partial charge in [-0.2, -0.15) is 4.98 Å². The molecule has 0 aliphatic carbocycles. The molecule has 102 valence electrons. The molecule has 2 rings (SSSR count). The predicted octanol–water partition coefficient (Wildman–Crippen LogP) is 1.86. The molecule has 0 spiro atoms. The second-order valence-electron chi connectivity index (χ2n) is 4.47. The number of hydrogen-bond donors (Lipinski definition) is 1. The minimum atomic E-state index is -0.994. The average Bonchev–Trinajstić information content (AvgIpc) is 2.75. The number of rotatable bonds is 6. The quantitative estimate of drug-likeness (QED) is 0.802. The molecule has 0 fully saturated rings. The SMILES string of the molecule is CN(C)CCCOc1nc2ccc(C(=O)O)cc2o1. The second kappa shape index (κ2) is 5.71. The van der Waals surface area contributed by atoms with Gasteiger partial charge in [0.05, 0.1) is 12.2 Å². The summed E-state index contributed by atoms with van der Waals surface area (Å²) >= 11 is 0. The van der Waals surface area contributed by atoms with Crippen LogP contribution in [0.4, 0.5) is 0 Å². The van der Waals surface area contributed by atoms with Crippen LogP contribution in [0.15, 0.2) is 22.6 Å². The molecule has 0 unspecified atom stereocenters. The zero-order valence-electron chi connectivity index (χ0n) is 10.9.